The van der Waals surface area contributed by atoms with Gasteiger partial charge in [0.25, 0.3) is 0 Å². The third-order valence-corrected chi connectivity index (χ3v) is 4.74. The van der Waals surface area contributed by atoms with E-state index in [1.54, 1.807) is 18.2 Å². The van der Waals surface area contributed by atoms with Gasteiger partial charge in [-0.15, -0.1) is 11.3 Å². The van der Waals surface area contributed by atoms with E-state index in [9.17, 15) is 9.59 Å². The Morgan fingerprint density at radius 3 is 2.57 bits per heavy atom. The van der Waals surface area contributed by atoms with Crippen LogP contribution in [-0.2, 0) is 4.79 Å². The number of amides is 1. The molecule has 0 fully saturated rings. The molecule has 0 spiro atoms. The van der Waals surface area contributed by atoms with Crippen LogP contribution < -0.4 is 5.32 Å². The van der Waals surface area contributed by atoms with Gasteiger partial charge in [-0.3, -0.25) is 4.79 Å². The van der Waals surface area contributed by atoms with Gasteiger partial charge in [-0.2, -0.15) is 0 Å². The number of carboxylic acid groups (broad SMARTS) is 1. The Labute approximate surface area is 141 Å². The van der Waals surface area contributed by atoms with Crippen molar-refractivity contribution in [2.75, 3.05) is 5.32 Å². The Morgan fingerprint density at radius 1 is 1.19 bits per heavy atom. The zero-order valence-electron chi connectivity index (χ0n) is 10.5. The number of benzene rings is 1. The number of rotatable bonds is 4. The monoisotopic (exact) mass is 429 g/mol. The van der Waals surface area contributed by atoms with Gasteiger partial charge in [-0.25, -0.2) is 4.79 Å². The molecule has 0 saturated carbocycles. The van der Waals surface area contributed by atoms with E-state index in [4.69, 9.17) is 5.11 Å². The summed E-state index contributed by atoms with van der Waals surface area (Å²) in [5.41, 5.74) is 0.525. The predicted octanol–water partition coefficient (Wildman–Crippen LogP) is 4.62. The first kappa shape index (κ1) is 15.9. The summed E-state index contributed by atoms with van der Waals surface area (Å²) in [5, 5.41) is 11.6. The van der Waals surface area contributed by atoms with Gasteiger partial charge < -0.3 is 10.4 Å². The fourth-order valence-corrected chi connectivity index (χ4v) is 3.27. The topological polar surface area (TPSA) is 66.4 Å². The molecule has 4 nitrogen and oxygen atoms in total. The van der Waals surface area contributed by atoms with E-state index >= 15 is 0 Å². The molecule has 0 bridgehead atoms. The Hall–Kier alpha value is -1.44. The zero-order chi connectivity index (χ0) is 15.4. The van der Waals surface area contributed by atoms with Crippen LogP contribution in [0.4, 0.5) is 5.69 Å². The second kappa shape index (κ2) is 7.02. The lowest BCUT2D eigenvalue weighted by molar-refractivity contribution is -0.111. The van der Waals surface area contributed by atoms with Crippen molar-refractivity contribution in [3.05, 3.63) is 55.1 Å². The van der Waals surface area contributed by atoms with Crippen LogP contribution in [0.25, 0.3) is 6.08 Å². The zero-order valence-corrected chi connectivity index (χ0v) is 14.5. The van der Waals surface area contributed by atoms with Crippen LogP contribution in [0.5, 0.6) is 0 Å². The lowest BCUT2D eigenvalue weighted by Crippen LogP contribution is -2.09. The standard InChI is InChI=1S/C14H9Br2NO3S/c15-11-4-1-8(7-10(11)14(19)20)17-13(18)6-3-9-2-5-12(16)21-9/h1-7H,(H,17,18)(H,19,20)/b6-3+. The minimum atomic E-state index is -1.06. The van der Waals surface area contributed by atoms with Crippen molar-refractivity contribution in [1.29, 1.82) is 0 Å². The van der Waals surface area contributed by atoms with Crippen molar-refractivity contribution >= 4 is 66.8 Å². The first-order valence-corrected chi connectivity index (χ1v) is 8.13. The summed E-state index contributed by atoms with van der Waals surface area (Å²) in [7, 11) is 0. The van der Waals surface area contributed by atoms with E-state index < -0.39 is 5.97 Å². The summed E-state index contributed by atoms with van der Waals surface area (Å²) in [5.74, 6) is -1.38. The molecule has 2 rings (SSSR count). The quantitative estimate of drug-likeness (QED) is 0.695. The summed E-state index contributed by atoms with van der Waals surface area (Å²) >= 11 is 8.01. The Balaban J connectivity index is 2.07. The Kier molecular flexibility index (Phi) is 5.33. The molecule has 2 aromatic rings. The van der Waals surface area contributed by atoms with Crippen molar-refractivity contribution < 1.29 is 14.7 Å². The molecule has 7 heteroatoms. The molecule has 108 valence electrons. The molecule has 1 aromatic carbocycles. The van der Waals surface area contributed by atoms with Crippen LogP contribution in [0, 0.1) is 0 Å². The molecule has 0 atom stereocenters. The third-order valence-electron chi connectivity index (χ3n) is 2.46. The van der Waals surface area contributed by atoms with E-state index in [-0.39, 0.29) is 11.5 Å². The van der Waals surface area contributed by atoms with Crippen molar-refractivity contribution in [3.8, 4) is 0 Å². The summed E-state index contributed by atoms with van der Waals surface area (Å²) in [6, 6.07) is 8.40. The lowest BCUT2D eigenvalue weighted by Gasteiger charge is -2.05. The van der Waals surface area contributed by atoms with Gasteiger partial charge in [0.1, 0.15) is 0 Å². The highest BCUT2D eigenvalue weighted by Gasteiger charge is 2.09. The van der Waals surface area contributed by atoms with Crippen LogP contribution >= 0.6 is 43.2 Å². The maximum atomic E-state index is 11.8. The molecular formula is C14H9Br2NO3S. The predicted molar refractivity (Wildman–Crippen MR) is 90.8 cm³/mol. The fourth-order valence-electron chi connectivity index (χ4n) is 1.53. The first-order chi connectivity index (χ1) is 9.95. The molecule has 1 amide bonds. The minimum Gasteiger partial charge on any atom is -0.478 e. The van der Waals surface area contributed by atoms with Gasteiger partial charge in [0, 0.05) is 21.1 Å². The molecule has 2 N–H and O–H groups in total. The number of carbonyl (C=O) groups excluding carboxylic acids is 1. The average molecular weight is 431 g/mol. The van der Waals surface area contributed by atoms with Crippen LogP contribution in [0.3, 0.4) is 0 Å². The summed E-state index contributed by atoms with van der Waals surface area (Å²) < 4.78 is 1.45. The Bertz CT molecular complexity index is 725. The largest absolute Gasteiger partial charge is 0.478 e. The highest BCUT2D eigenvalue weighted by Crippen LogP contribution is 2.23. The second-order valence-electron chi connectivity index (χ2n) is 3.96. The van der Waals surface area contributed by atoms with Gasteiger partial charge in [0.2, 0.25) is 5.91 Å². The summed E-state index contributed by atoms with van der Waals surface area (Å²) in [6.45, 7) is 0. The number of nitrogens with one attached hydrogen (secondary N) is 1. The van der Waals surface area contributed by atoms with Crippen LogP contribution in [0.15, 0.2) is 44.7 Å². The molecule has 21 heavy (non-hydrogen) atoms. The molecule has 0 aliphatic rings. The van der Waals surface area contributed by atoms with Gasteiger partial charge in [-0.1, -0.05) is 0 Å². The third kappa shape index (κ3) is 4.52. The van der Waals surface area contributed by atoms with Gasteiger partial charge in [-0.05, 0) is 68.3 Å². The molecule has 0 radical (unpaired) electrons. The number of hydrogen-bond acceptors (Lipinski definition) is 3. The van der Waals surface area contributed by atoms with Crippen LogP contribution in [0.2, 0.25) is 0 Å². The number of halogens is 2. The van der Waals surface area contributed by atoms with Crippen molar-refractivity contribution in [1.82, 2.24) is 0 Å². The SMILES string of the molecule is O=C(/C=C/c1ccc(Br)s1)Nc1ccc(Br)c(C(=O)O)c1. The molecule has 1 heterocycles. The van der Waals surface area contributed by atoms with E-state index in [0.29, 0.717) is 10.2 Å². The molecule has 1 aromatic heterocycles. The van der Waals surface area contributed by atoms with E-state index in [0.717, 1.165) is 8.66 Å². The maximum Gasteiger partial charge on any atom is 0.336 e. The molecule has 0 saturated heterocycles. The van der Waals surface area contributed by atoms with Crippen molar-refractivity contribution in [2.45, 2.75) is 0 Å². The minimum absolute atomic E-state index is 0.0963. The number of thiophene rings is 1. The number of anilines is 1. The number of carboxylic acids is 1. The maximum absolute atomic E-state index is 11.8. The van der Waals surface area contributed by atoms with E-state index in [1.165, 1.54) is 23.5 Å². The smallest absolute Gasteiger partial charge is 0.336 e. The lowest BCUT2D eigenvalue weighted by atomic mass is 10.2. The van der Waals surface area contributed by atoms with Gasteiger partial charge in [0.05, 0.1) is 9.35 Å². The summed E-state index contributed by atoms with van der Waals surface area (Å²) in [4.78, 5) is 23.8. The van der Waals surface area contributed by atoms with Crippen molar-refractivity contribution in [3.63, 3.8) is 0 Å². The van der Waals surface area contributed by atoms with E-state index in [1.807, 2.05) is 12.1 Å². The number of aromatic carboxylic acids is 1. The van der Waals surface area contributed by atoms with Crippen LogP contribution in [-0.4, -0.2) is 17.0 Å². The van der Waals surface area contributed by atoms with Gasteiger partial charge in [0.15, 0.2) is 0 Å². The van der Waals surface area contributed by atoms with Crippen molar-refractivity contribution in [2.24, 2.45) is 0 Å². The first-order valence-electron chi connectivity index (χ1n) is 5.73. The molecule has 0 aliphatic heterocycles. The fraction of sp³-hybridized carbons (Fsp3) is 0. The number of hydrogen-bond donors (Lipinski definition) is 2. The molecular weight excluding hydrogens is 422 g/mol. The van der Waals surface area contributed by atoms with E-state index in [2.05, 4.69) is 37.2 Å². The second-order valence-corrected chi connectivity index (χ2v) is 7.31. The molecule has 0 aliphatic carbocycles. The summed E-state index contributed by atoms with van der Waals surface area (Å²) in [6.07, 6.45) is 3.10. The molecule has 0 unspecified atom stereocenters. The highest BCUT2D eigenvalue weighted by atomic mass is 79.9. The van der Waals surface area contributed by atoms with Gasteiger partial charge >= 0.3 is 5.97 Å². The average Bonchev–Trinajstić information content (AvgIpc) is 2.84. The highest BCUT2D eigenvalue weighted by molar-refractivity contribution is 9.11. The normalized spacial score (nSPS) is 10.8. The Morgan fingerprint density at radius 2 is 1.95 bits per heavy atom. The number of carbonyl (C=O) groups is 2. The van der Waals surface area contributed by atoms with Crippen LogP contribution in [0.1, 0.15) is 15.2 Å².